The predicted molar refractivity (Wildman–Crippen MR) is 632 cm³/mol. The molecule has 0 bridgehead atoms. The van der Waals surface area contributed by atoms with Crippen LogP contribution in [0.3, 0.4) is 0 Å². The van der Waals surface area contributed by atoms with Gasteiger partial charge in [0.2, 0.25) is 0 Å². The summed E-state index contributed by atoms with van der Waals surface area (Å²) < 4.78 is 12.4. The Morgan fingerprint density at radius 3 is 0.770 bits per heavy atom. The van der Waals surface area contributed by atoms with E-state index in [9.17, 15) is 0 Å². The zero-order chi connectivity index (χ0) is 97.6. The maximum Gasteiger partial charge on any atom is 0.136 e. The first-order chi connectivity index (χ1) is 73.4. The Kier molecular flexibility index (Phi) is 21.4. The summed E-state index contributed by atoms with van der Waals surface area (Å²) in [4.78, 5) is 0. The van der Waals surface area contributed by atoms with Gasteiger partial charge in [-0.1, -0.05) is 485 Å². The normalized spacial score (nSPS) is 11.6. The number of para-hydroxylation sites is 2. The van der Waals surface area contributed by atoms with Gasteiger partial charge in [0.1, 0.15) is 22.3 Å². The van der Waals surface area contributed by atoms with Crippen molar-refractivity contribution in [1.29, 1.82) is 0 Å². The largest absolute Gasteiger partial charge is 0.456 e. The molecule has 0 aliphatic rings. The highest BCUT2D eigenvalue weighted by Gasteiger charge is 2.26. The van der Waals surface area contributed by atoms with Gasteiger partial charge in [-0.25, -0.2) is 0 Å². The molecule has 0 spiro atoms. The Morgan fingerprint density at radius 1 is 0.0946 bits per heavy atom. The van der Waals surface area contributed by atoms with Crippen LogP contribution in [0.1, 0.15) is 0 Å². The first kappa shape index (κ1) is 86.5. The molecule has 0 aliphatic heterocycles. The second-order valence-corrected chi connectivity index (χ2v) is 38.9. The lowest BCUT2D eigenvalue weighted by Gasteiger charge is -2.19. The molecule has 2 aromatic heterocycles. The van der Waals surface area contributed by atoms with Crippen LogP contribution in [0, 0.1) is 0 Å². The van der Waals surface area contributed by atoms with Gasteiger partial charge in [0.25, 0.3) is 0 Å². The van der Waals surface area contributed by atoms with Crippen molar-refractivity contribution in [1.82, 2.24) is 0 Å². The van der Waals surface area contributed by atoms with Crippen LogP contribution in [0.25, 0.3) is 296 Å². The summed E-state index contributed by atoms with van der Waals surface area (Å²) in [5.74, 6) is 0. The average molecular weight is 1880 g/mol. The van der Waals surface area contributed by atoms with E-state index in [-0.39, 0.29) is 0 Å². The van der Waals surface area contributed by atoms with E-state index in [0.29, 0.717) is 0 Å². The molecule has 28 aromatic carbocycles. The van der Waals surface area contributed by atoms with E-state index in [1.807, 2.05) is 24.3 Å². The SMILES string of the molecule is c1cc(-c2ccc3ccccc3c2)cc(-c2ccc3c(-c4c5ccccc5c(-c5ccc6oc7ccccc7c6c5)c5ccccc45)cccc3c2)c1.c1ccc(-c2c3ccccc3c(-c3cccc4cc(-c5cccc6oc7ccccc7c56)ccc34)c3ccccc23)cc1.c1ccc(-c2ccc(-c3c4ccccc4c(-c4cccc5cc(-c6cccc(-c7ccc8ccccc8c7)c6)ccc45)c4ccccc34)cc2)cc1. The number of hydrogen-bond donors (Lipinski definition) is 0. The predicted octanol–water partition coefficient (Wildman–Crippen LogP) is 41.5. The summed E-state index contributed by atoms with van der Waals surface area (Å²) in [7, 11) is 0. The zero-order valence-corrected chi connectivity index (χ0v) is 80.9. The maximum absolute atomic E-state index is 6.21. The van der Waals surface area contributed by atoms with Gasteiger partial charge in [-0.15, -0.1) is 0 Å². The van der Waals surface area contributed by atoms with Gasteiger partial charge in [0, 0.05) is 21.5 Å². The highest BCUT2D eigenvalue weighted by atomic mass is 16.3. The molecule has 0 radical (unpaired) electrons. The van der Waals surface area contributed by atoms with Crippen LogP contribution in [0.2, 0.25) is 0 Å². The molecule has 30 rings (SSSR count). The van der Waals surface area contributed by atoms with E-state index in [1.54, 1.807) is 0 Å². The van der Waals surface area contributed by atoms with Crippen LogP contribution in [0.4, 0.5) is 0 Å². The van der Waals surface area contributed by atoms with Crippen molar-refractivity contribution in [3.63, 3.8) is 0 Å². The minimum absolute atomic E-state index is 0.913. The number of hydrogen-bond acceptors (Lipinski definition) is 2. The lowest BCUT2D eigenvalue weighted by molar-refractivity contribution is 0.668. The van der Waals surface area contributed by atoms with Gasteiger partial charge in [0.15, 0.2) is 0 Å². The van der Waals surface area contributed by atoms with Crippen LogP contribution in [0.15, 0.2) is 567 Å². The monoisotopic (exact) mass is 1880 g/mol. The van der Waals surface area contributed by atoms with E-state index < -0.39 is 0 Å². The summed E-state index contributed by atoms with van der Waals surface area (Å²) >= 11 is 0. The van der Waals surface area contributed by atoms with Gasteiger partial charge in [-0.2, -0.15) is 0 Å². The fourth-order valence-corrected chi connectivity index (χ4v) is 23.7. The zero-order valence-electron chi connectivity index (χ0n) is 80.9. The molecular weight excluding hydrogens is 1790 g/mol. The highest BCUT2D eigenvalue weighted by molar-refractivity contribution is 6.28. The van der Waals surface area contributed by atoms with Gasteiger partial charge in [0.05, 0.1) is 0 Å². The molecule has 148 heavy (non-hydrogen) atoms. The molecule has 0 saturated carbocycles. The summed E-state index contributed by atoms with van der Waals surface area (Å²) in [6, 6.07) is 203. The Hall–Kier alpha value is -19.4. The minimum atomic E-state index is 0.913. The lowest BCUT2D eigenvalue weighted by atomic mass is 9.84. The lowest BCUT2D eigenvalue weighted by Crippen LogP contribution is -1.92. The highest BCUT2D eigenvalue weighted by Crippen LogP contribution is 2.52. The van der Waals surface area contributed by atoms with Crippen LogP contribution in [-0.4, -0.2) is 0 Å². The van der Waals surface area contributed by atoms with E-state index in [0.717, 1.165) is 38.5 Å². The third kappa shape index (κ3) is 15.2. The minimum Gasteiger partial charge on any atom is -0.456 e. The average Bonchev–Trinajstić information content (AvgIpc) is 1.18. The summed E-state index contributed by atoms with van der Waals surface area (Å²) in [5.41, 5.74) is 33.4. The molecule has 0 amide bonds. The molecule has 0 unspecified atom stereocenters. The van der Waals surface area contributed by atoms with Gasteiger partial charge >= 0.3 is 0 Å². The smallest absolute Gasteiger partial charge is 0.136 e. The fraction of sp³-hybridized carbons (Fsp3) is 0. The Labute approximate surface area is 856 Å². The van der Waals surface area contributed by atoms with Crippen molar-refractivity contribution >= 4 is 162 Å². The third-order valence-corrected chi connectivity index (χ3v) is 30.5. The van der Waals surface area contributed by atoms with Gasteiger partial charge in [-0.05, 0) is 325 Å². The van der Waals surface area contributed by atoms with E-state index in [4.69, 9.17) is 8.83 Å². The second-order valence-electron chi connectivity index (χ2n) is 38.9. The summed E-state index contributed by atoms with van der Waals surface area (Å²) in [6.07, 6.45) is 0. The molecule has 0 N–H and O–H groups in total. The molecule has 2 heteroatoms. The second kappa shape index (κ2) is 36.5. The summed E-state index contributed by atoms with van der Waals surface area (Å²) in [5, 5.41) is 32.2. The first-order valence-corrected chi connectivity index (χ1v) is 51.0. The number of rotatable bonds is 12. The third-order valence-electron chi connectivity index (χ3n) is 30.5. The first-order valence-electron chi connectivity index (χ1n) is 51.0. The van der Waals surface area contributed by atoms with Gasteiger partial charge in [-0.3, -0.25) is 0 Å². The maximum atomic E-state index is 6.21. The van der Waals surface area contributed by atoms with Crippen molar-refractivity contribution in [3.05, 3.63) is 558 Å². The van der Waals surface area contributed by atoms with E-state index in [1.165, 1.54) is 257 Å². The number of furan rings is 2. The van der Waals surface area contributed by atoms with Crippen molar-refractivity contribution in [2.45, 2.75) is 0 Å². The molecule has 0 aliphatic carbocycles. The quantitative estimate of drug-likeness (QED) is 0.114. The van der Waals surface area contributed by atoms with Crippen molar-refractivity contribution in [2.24, 2.45) is 0 Å². The topological polar surface area (TPSA) is 26.3 Å². The fourth-order valence-electron chi connectivity index (χ4n) is 23.7. The molecular formula is C146H92O2. The van der Waals surface area contributed by atoms with Crippen molar-refractivity contribution in [3.8, 4) is 134 Å². The molecule has 0 fully saturated rings. The molecule has 0 saturated heterocycles. The van der Waals surface area contributed by atoms with E-state index in [2.05, 4.69) is 534 Å². The molecule has 0 atom stereocenters. The molecule has 2 nitrogen and oxygen atoms in total. The Balaban J connectivity index is 0.000000108. The van der Waals surface area contributed by atoms with Crippen LogP contribution in [0.5, 0.6) is 0 Å². The molecule has 2 heterocycles. The van der Waals surface area contributed by atoms with Crippen LogP contribution in [-0.2, 0) is 0 Å². The van der Waals surface area contributed by atoms with Crippen molar-refractivity contribution in [2.75, 3.05) is 0 Å². The Bertz CT molecular complexity index is 10400. The van der Waals surface area contributed by atoms with E-state index >= 15 is 0 Å². The summed E-state index contributed by atoms with van der Waals surface area (Å²) in [6.45, 7) is 0. The molecule has 688 valence electrons. The van der Waals surface area contributed by atoms with Crippen LogP contribution >= 0.6 is 0 Å². The Morgan fingerprint density at radius 2 is 0.338 bits per heavy atom. The van der Waals surface area contributed by atoms with Crippen molar-refractivity contribution < 1.29 is 8.83 Å². The molecule has 30 aromatic rings. The number of fused-ring (bicyclic) bond motifs is 17. The van der Waals surface area contributed by atoms with Gasteiger partial charge < -0.3 is 8.83 Å². The van der Waals surface area contributed by atoms with Crippen LogP contribution < -0.4 is 0 Å². The number of benzene rings is 28. The standard InChI is InChI=1S/C52H32O.C52H34.C42H26O/c1-2-12-34-29-37(24-23-33(34)11-1)35-13-9-14-36(30-35)38-25-27-41-39(31-38)15-10-21-43(41)52-46-19-5-3-17-44(46)51(45-18-4-6-20-47(45)52)40-26-28-50-48(32-40)42-16-7-8-22-49(42)53-50;1-2-12-35(13-3-1)37-24-27-38(28-25-37)51-47-19-6-8-21-49(47)52(50-22-9-7-20-48(50)51)46-23-11-18-44-34-43(30-31-45(44)46)41-17-10-16-40(33-41)42-29-26-36-14-4-5-15-39(36)32-42;1-2-12-27(13-3-1)40-33-15-4-6-17-35(33)41(36-18-7-5-16-34(36)40)32-21-10-14-28-26-29(24-25-30(28)32)31-20-11-23-39-42(31)37-19-8-9-22-38(37)43-39/h1-32H;1-34H;1-26H.